The number of rotatable bonds is 8. The zero-order valence-electron chi connectivity index (χ0n) is 11.5. The molecule has 0 spiro atoms. The summed E-state index contributed by atoms with van der Waals surface area (Å²) in [5.41, 5.74) is 3.68. The van der Waals surface area contributed by atoms with Crippen LogP contribution >= 0.6 is 0 Å². The second kappa shape index (κ2) is 8.11. The Morgan fingerprint density at radius 2 is 1.85 bits per heavy atom. The van der Waals surface area contributed by atoms with Crippen molar-refractivity contribution in [2.75, 3.05) is 0 Å². The van der Waals surface area contributed by atoms with E-state index in [-0.39, 0.29) is 11.8 Å². The van der Waals surface area contributed by atoms with Gasteiger partial charge in [-0.05, 0) is 30.5 Å². The molecule has 0 radical (unpaired) electrons. The van der Waals surface area contributed by atoms with E-state index < -0.39 is 6.36 Å². The Bertz CT molecular complexity index is 379. The average Bonchev–Trinajstić information content (AvgIpc) is 2.38. The second-order valence-corrected chi connectivity index (χ2v) is 4.76. The lowest BCUT2D eigenvalue weighted by atomic mass is 10.0. The van der Waals surface area contributed by atoms with Crippen molar-refractivity contribution < 1.29 is 17.9 Å². The normalized spacial score (nSPS) is 13.2. The summed E-state index contributed by atoms with van der Waals surface area (Å²) in [5, 5.41) is 0. The van der Waals surface area contributed by atoms with E-state index in [1.165, 1.54) is 12.1 Å². The first-order chi connectivity index (χ1) is 9.44. The van der Waals surface area contributed by atoms with Crippen molar-refractivity contribution in [2.45, 2.75) is 51.4 Å². The predicted octanol–water partition coefficient (Wildman–Crippen LogP) is 3.54. The molecule has 0 amide bonds. The first-order valence-corrected chi connectivity index (χ1v) is 6.75. The lowest BCUT2D eigenvalue weighted by Crippen LogP contribution is -2.36. The van der Waals surface area contributed by atoms with E-state index in [0.29, 0.717) is 6.42 Å². The highest BCUT2D eigenvalue weighted by molar-refractivity contribution is 5.27. The van der Waals surface area contributed by atoms with Gasteiger partial charge in [0.05, 0.1) is 0 Å². The van der Waals surface area contributed by atoms with Gasteiger partial charge in [-0.3, -0.25) is 11.3 Å². The molecule has 1 aromatic carbocycles. The molecule has 0 bridgehead atoms. The molecule has 0 aliphatic carbocycles. The van der Waals surface area contributed by atoms with Crippen molar-refractivity contribution >= 4 is 0 Å². The van der Waals surface area contributed by atoms with Gasteiger partial charge in [-0.1, -0.05) is 38.3 Å². The maximum atomic E-state index is 12.0. The summed E-state index contributed by atoms with van der Waals surface area (Å²) in [6, 6.07) is 6.04. The Labute approximate surface area is 117 Å². The van der Waals surface area contributed by atoms with E-state index in [1.54, 1.807) is 12.1 Å². The number of halogens is 3. The van der Waals surface area contributed by atoms with Gasteiger partial charge in [-0.25, -0.2) is 0 Å². The molecule has 1 aromatic rings. The van der Waals surface area contributed by atoms with Crippen LogP contribution in [0.2, 0.25) is 0 Å². The highest BCUT2D eigenvalue weighted by atomic mass is 19.4. The molecule has 3 nitrogen and oxygen atoms in total. The summed E-state index contributed by atoms with van der Waals surface area (Å²) < 4.78 is 39.9. The van der Waals surface area contributed by atoms with E-state index in [9.17, 15) is 13.2 Å². The number of nitrogens with one attached hydrogen (secondary N) is 1. The van der Waals surface area contributed by atoms with Crippen molar-refractivity contribution in [3.63, 3.8) is 0 Å². The second-order valence-electron chi connectivity index (χ2n) is 4.76. The Hall–Kier alpha value is -1.27. The third kappa shape index (κ3) is 6.77. The van der Waals surface area contributed by atoms with Gasteiger partial charge in [0.1, 0.15) is 5.75 Å². The van der Waals surface area contributed by atoms with Gasteiger partial charge in [0, 0.05) is 6.04 Å². The van der Waals surface area contributed by atoms with Crippen LogP contribution in [0, 0.1) is 0 Å². The average molecular weight is 290 g/mol. The fourth-order valence-electron chi connectivity index (χ4n) is 2.00. The van der Waals surface area contributed by atoms with Crippen molar-refractivity contribution in [3.05, 3.63) is 29.8 Å². The van der Waals surface area contributed by atoms with Crippen LogP contribution < -0.4 is 16.0 Å². The van der Waals surface area contributed by atoms with Gasteiger partial charge in [0.2, 0.25) is 0 Å². The Kier molecular flexibility index (Phi) is 6.81. The molecular formula is C14H21F3N2O. The zero-order chi connectivity index (χ0) is 15.0. The molecule has 1 rings (SSSR count). The van der Waals surface area contributed by atoms with Gasteiger partial charge in [0.15, 0.2) is 0 Å². The van der Waals surface area contributed by atoms with Gasteiger partial charge in [-0.15, -0.1) is 13.2 Å². The number of hydrogen-bond acceptors (Lipinski definition) is 3. The Balaban J connectivity index is 2.50. The van der Waals surface area contributed by atoms with Crippen LogP contribution in [0.25, 0.3) is 0 Å². The topological polar surface area (TPSA) is 47.3 Å². The molecule has 0 saturated heterocycles. The van der Waals surface area contributed by atoms with Gasteiger partial charge in [0.25, 0.3) is 0 Å². The zero-order valence-corrected chi connectivity index (χ0v) is 11.5. The molecule has 0 heterocycles. The molecular weight excluding hydrogens is 269 g/mol. The lowest BCUT2D eigenvalue weighted by Gasteiger charge is -2.16. The van der Waals surface area contributed by atoms with Crippen LogP contribution in [0.15, 0.2) is 24.3 Å². The first-order valence-electron chi connectivity index (χ1n) is 6.75. The van der Waals surface area contributed by atoms with Crippen LogP contribution in [0.3, 0.4) is 0 Å². The molecule has 20 heavy (non-hydrogen) atoms. The van der Waals surface area contributed by atoms with E-state index in [0.717, 1.165) is 31.2 Å². The molecule has 114 valence electrons. The summed E-state index contributed by atoms with van der Waals surface area (Å²) in [5.74, 6) is 5.29. The van der Waals surface area contributed by atoms with Crippen molar-refractivity contribution in [3.8, 4) is 5.75 Å². The monoisotopic (exact) mass is 290 g/mol. The summed E-state index contributed by atoms with van der Waals surface area (Å²) in [6.07, 6.45) is 0.360. The largest absolute Gasteiger partial charge is 0.573 e. The molecule has 3 N–H and O–H groups in total. The molecule has 0 aromatic heterocycles. The SMILES string of the molecule is CCCCCC(Cc1ccc(OC(F)(F)F)cc1)NN. The summed E-state index contributed by atoms with van der Waals surface area (Å²) in [4.78, 5) is 0. The van der Waals surface area contributed by atoms with Gasteiger partial charge >= 0.3 is 6.36 Å². The first kappa shape index (κ1) is 16.8. The molecule has 0 aliphatic rings. The van der Waals surface area contributed by atoms with Crippen molar-refractivity contribution in [1.82, 2.24) is 5.43 Å². The van der Waals surface area contributed by atoms with Crippen LogP contribution in [0.4, 0.5) is 13.2 Å². The number of hydrazine groups is 1. The molecule has 0 fully saturated rings. The minimum atomic E-state index is -4.65. The molecule has 1 atom stereocenters. The van der Waals surface area contributed by atoms with Crippen LogP contribution in [-0.4, -0.2) is 12.4 Å². The van der Waals surface area contributed by atoms with Crippen LogP contribution in [0.5, 0.6) is 5.75 Å². The summed E-state index contributed by atoms with van der Waals surface area (Å²) in [7, 11) is 0. The molecule has 0 aliphatic heterocycles. The predicted molar refractivity (Wildman–Crippen MR) is 72.1 cm³/mol. The minimum absolute atomic E-state index is 0.135. The van der Waals surface area contributed by atoms with Gasteiger partial charge in [-0.2, -0.15) is 0 Å². The third-order valence-electron chi connectivity index (χ3n) is 3.03. The Morgan fingerprint density at radius 3 is 2.35 bits per heavy atom. The number of benzene rings is 1. The highest BCUT2D eigenvalue weighted by Crippen LogP contribution is 2.23. The van der Waals surface area contributed by atoms with Crippen LogP contribution in [0.1, 0.15) is 38.2 Å². The summed E-state index contributed by atoms with van der Waals surface area (Å²) >= 11 is 0. The number of alkyl halides is 3. The maximum absolute atomic E-state index is 12.0. The number of ether oxygens (including phenoxy) is 1. The van der Waals surface area contributed by atoms with E-state index >= 15 is 0 Å². The standard InChI is InChI=1S/C14H21F3N2O/c1-2-3-4-5-12(19-18)10-11-6-8-13(9-7-11)20-14(15,16)17/h6-9,12,19H,2-5,10,18H2,1H3. The van der Waals surface area contributed by atoms with Gasteiger partial charge < -0.3 is 4.74 Å². The third-order valence-corrected chi connectivity index (χ3v) is 3.03. The highest BCUT2D eigenvalue weighted by Gasteiger charge is 2.30. The van der Waals surface area contributed by atoms with Crippen LogP contribution in [-0.2, 0) is 6.42 Å². The van der Waals surface area contributed by atoms with Crippen molar-refractivity contribution in [2.24, 2.45) is 5.84 Å². The molecule has 1 unspecified atom stereocenters. The van der Waals surface area contributed by atoms with E-state index in [2.05, 4.69) is 17.1 Å². The number of hydrogen-bond donors (Lipinski definition) is 2. The molecule has 6 heteroatoms. The lowest BCUT2D eigenvalue weighted by molar-refractivity contribution is -0.274. The summed E-state index contributed by atoms with van der Waals surface area (Å²) in [6.45, 7) is 2.13. The minimum Gasteiger partial charge on any atom is -0.406 e. The van der Waals surface area contributed by atoms with E-state index in [1.807, 2.05) is 0 Å². The quantitative estimate of drug-likeness (QED) is 0.437. The fraction of sp³-hybridized carbons (Fsp3) is 0.571. The molecule has 0 saturated carbocycles. The smallest absolute Gasteiger partial charge is 0.406 e. The number of unbranched alkanes of at least 4 members (excludes halogenated alkanes) is 2. The maximum Gasteiger partial charge on any atom is 0.573 e. The van der Waals surface area contributed by atoms with E-state index in [4.69, 9.17) is 5.84 Å². The Morgan fingerprint density at radius 1 is 1.20 bits per heavy atom. The fourth-order valence-corrected chi connectivity index (χ4v) is 2.00. The number of nitrogens with two attached hydrogens (primary N) is 1. The van der Waals surface area contributed by atoms with Crippen molar-refractivity contribution in [1.29, 1.82) is 0 Å².